The third-order valence-electron chi connectivity index (χ3n) is 14.9. The Morgan fingerprint density at radius 1 is 0.355 bits per heavy atom. The molecule has 4 fully saturated rings. The molecular formula is C50H90N4O8. The SMILES string of the molecule is CC(C)C1CC(OC(=O)CC(C(=O)OC2CC(C(C)C)NC(C(C)C)C2)(C(=O)OC2CC(C(C)C)NC(C(C)C)C2)C(=O)OC2CC(C(C)C)NC(C(C)C)C2)CC(C(C)C)N1. The second-order valence-corrected chi connectivity index (χ2v) is 22.6. The minimum absolute atomic E-state index is 0.0429. The molecule has 0 bridgehead atoms. The largest absolute Gasteiger partial charge is 0.462 e. The maximum atomic E-state index is 15.4. The highest BCUT2D eigenvalue weighted by Crippen LogP contribution is 2.38. The van der Waals surface area contributed by atoms with E-state index < -0.39 is 60.1 Å². The summed E-state index contributed by atoms with van der Waals surface area (Å²) in [5.41, 5.74) is -2.73. The van der Waals surface area contributed by atoms with Crippen LogP contribution in [0.25, 0.3) is 0 Å². The summed E-state index contributed by atoms with van der Waals surface area (Å²) in [5, 5.41) is 14.9. The number of esters is 4. The number of hydrogen-bond acceptors (Lipinski definition) is 12. The van der Waals surface area contributed by atoms with E-state index in [4.69, 9.17) is 18.9 Å². The molecule has 4 rings (SSSR count). The molecule has 0 aromatic carbocycles. The van der Waals surface area contributed by atoms with E-state index in [-0.39, 0.29) is 95.7 Å². The molecule has 4 heterocycles. The van der Waals surface area contributed by atoms with Crippen LogP contribution in [0.3, 0.4) is 0 Å². The first kappa shape index (κ1) is 52.3. The molecule has 0 aromatic heterocycles. The van der Waals surface area contributed by atoms with Crippen molar-refractivity contribution in [3.63, 3.8) is 0 Å². The molecular weight excluding hydrogens is 785 g/mol. The van der Waals surface area contributed by atoms with Crippen LogP contribution in [-0.2, 0) is 38.1 Å². The lowest BCUT2D eigenvalue weighted by Gasteiger charge is -2.42. The summed E-state index contributed by atoms with van der Waals surface area (Å²) < 4.78 is 25.6. The van der Waals surface area contributed by atoms with E-state index >= 15 is 14.4 Å². The summed E-state index contributed by atoms with van der Waals surface area (Å²) in [5.74, 6) is -2.04. The van der Waals surface area contributed by atoms with Crippen LogP contribution in [0.4, 0.5) is 0 Å². The number of piperidine rings is 4. The van der Waals surface area contributed by atoms with Gasteiger partial charge in [-0.25, -0.2) is 0 Å². The number of hydrogen-bond donors (Lipinski definition) is 4. The van der Waals surface area contributed by atoms with Gasteiger partial charge >= 0.3 is 23.9 Å². The Morgan fingerprint density at radius 3 is 0.710 bits per heavy atom. The van der Waals surface area contributed by atoms with Crippen LogP contribution in [0.1, 0.15) is 169 Å². The van der Waals surface area contributed by atoms with Gasteiger partial charge in [0.15, 0.2) is 0 Å². The van der Waals surface area contributed by atoms with Crippen LogP contribution < -0.4 is 21.3 Å². The Bertz CT molecular complexity index is 1270. The van der Waals surface area contributed by atoms with Crippen molar-refractivity contribution in [3.8, 4) is 0 Å². The maximum absolute atomic E-state index is 15.4. The zero-order valence-corrected chi connectivity index (χ0v) is 41.7. The Labute approximate surface area is 376 Å². The molecule has 4 N–H and O–H groups in total. The molecule has 0 amide bonds. The summed E-state index contributed by atoms with van der Waals surface area (Å²) in [7, 11) is 0. The Balaban J connectivity index is 1.81. The average Bonchev–Trinajstić information content (AvgIpc) is 3.18. The fraction of sp³-hybridized carbons (Fsp3) is 0.920. The Hall–Kier alpha value is -2.28. The number of carbonyl (C=O) groups excluding carboxylic acids is 4. The van der Waals surface area contributed by atoms with Crippen molar-refractivity contribution < 1.29 is 38.1 Å². The Kier molecular flexibility index (Phi) is 19.2. The third kappa shape index (κ3) is 13.6. The van der Waals surface area contributed by atoms with E-state index in [1.807, 2.05) is 0 Å². The molecule has 12 nitrogen and oxygen atoms in total. The van der Waals surface area contributed by atoms with E-state index in [0.29, 0.717) is 51.4 Å². The maximum Gasteiger partial charge on any atom is 0.336 e. The highest BCUT2D eigenvalue weighted by atomic mass is 16.6. The van der Waals surface area contributed by atoms with Crippen LogP contribution in [0, 0.1) is 52.8 Å². The molecule has 4 saturated heterocycles. The van der Waals surface area contributed by atoms with Gasteiger partial charge in [-0.1, -0.05) is 111 Å². The van der Waals surface area contributed by atoms with Crippen LogP contribution in [0.2, 0.25) is 0 Å². The molecule has 0 aromatic rings. The van der Waals surface area contributed by atoms with Crippen LogP contribution in [0.15, 0.2) is 0 Å². The smallest absolute Gasteiger partial charge is 0.336 e. The molecule has 12 heteroatoms. The normalized spacial score (nSPS) is 33.4. The van der Waals surface area contributed by atoms with Crippen molar-refractivity contribution in [2.24, 2.45) is 52.8 Å². The third-order valence-corrected chi connectivity index (χ3v) is 14.9. The second kappa shape index (κ2) is 22.8. The second-order valence-electron chi connectivity index (χ2n) is 22.6. The molecule has 0 aliphatic carbocycles. The summed E-state index contributed by atoms with van der Waals surface area (Å²) in [6.07, 6.45) is 0.999. The van der Waals surface area contributed by atoms with Crippen molar-refractivity contribution in [3.05, 3.63) is 0 Å². The van der Waals surface area contributed by atoms with Crippen molar-refractivity contribution >= 4 is 23.9 Å². The highest BCUT2D eigenvalue weighted by molar-refractivity contribution is 6.20. The van der Waals surface area contributed by atoms with Gasteiger partial charge < -0.3 is 40.2 Å². The molecule has 4 aliphatic rings. The summed E-state index contributed by atoms with van der Waals surface area (Å²) in [6.45, 7) is 34.1. The monoisotopic (exact) mass is 875 g/mol. The summed E-state index contributed by atoms with van der Waals surface area (Å²) in [6, 6.07) is 0.464. The summed E-state index contributed by atoms with van der Waals surface area (Å²) >= 11 is 0. The first-order valence-electron chi connectivity index (χ1n) is 24.8. The van der Waals surface area contributed by atoms with Crippen molar-refractivity contribution in [1.29, 1.82) is 0 Å². The first-order chi connectivity index (χ1) is 28.9. The van der Waals surface area contributed by atoms with Gasteiger partial charge in [0, 0.05) is 99.7 Å². The van der Waals surface area contributed by atoms with Crippen LogP contribution in [0.5, 0.6) is 0 Å². The van der Waals surface area contributed by atoms with Crippen molar-refractivity contribution in [1.82, 2.24) is 21.3 Å². The fourth-order valence-electron chi connectivity index (χ4n) is 10.1. The van der Waals surface area contributed by atoms with Gasteiger partial charge in [0.05, 0.1) is 6.42 Å². The summed E-state index contributed by atoms with van der Waals surface area (Å²) in [4.78, 5) is 60.7. The zero-order chi connectivity index (χ0) is 46.4. The van der Waals surface area contributed by atoms with E-state index in [1.54, 1.807) is 0 Å². The van der Waals surface area contributed by atoms with Gasteiger partial charge in [-0.15, -0.1) is 0 Å². The number of ether oxygens (including phenoxy) is 4. The standard InChI is InChI=1S/C50H90N4O8/c1-26(2)38-17-34(18-39(51-38)27(3)4)59-46(55)25-50(47(56)60-35-19-40(28(5)6)52-41(20-35)29(7)8,48(57)61-36-21-42(30(9)10)53-43(22-36)31(11)12)49(58)62-37-23-44(32(13)14)54-45(24-37)33(15)16/h26-45,51-54H,17-25H2,1-16H3. The quantitative estimate of drug-likeness (QED) is 0.0643. The number of carbonyl (C=O) groups is 4. The minimum atomic E-state index is -2.73. The molecule has 62 heavy (non-hydrogen) atoms. The van der Waals surface area contributed by atoms with E-state index in [0.717, 1.165) is 0 Å². The van der Waals surface area contributed by atoms with E-state index in [9.17, 15) is 4.79 Å². The molecule has 358 valence electrons. The van der Waals surface area contributed by atoms with Gasteiger partial charge in [0.25, 0.3) is 5.41 Å². The molecule has 0 spiro atoms. The molecule has 4 aliphatic heterocycles. The zero-order valence-electron chi connectivity index (χ0n) is 41.7. The highest BCUT2D eigenvalue weighted by Gasteiger charge is 2.61. The predicted molar refractivity (Wildman–Crippen MR) is 245 cm³/mol. The first-order valence-corrected chi connectivity index (χ1v) is 24.8. The van der Waals surface area contributed by atoms with Gasteiger partial charge in [-0.05, 0) is 47.3 Å². The minimum Gasteiger partial charge on any atom is -0.462 e. The molecule has 0 radical (unpaired) electrons. The van der Waals surface area contributed by atoms with Gasteiger partial charge in [-0.2, -0.15) is 0 Å². The van der Waals surface area contributed by atoms with Gasteiger partial charge in [-0.3, -0.25) is 19.2 Å². The fourth-order valence-corrected chi connectivity index (χ4v) is 10.1. The average molecular weight is 875 g/mol. The molecule has 0 saturated carbocycles. The lowest BCUT2D eigenvalue weighted by Crippen LogP contribution is -2.58. The molecule has 8 unspecified atom stereocenters. The van der Waals surface area contributed by atoms with Crippen molar-refractivity contribution in [2.45, 2.75) is 241 Å². The van der Waals surface area contributed by atoms with Gasteiger partial charge in [0.1, 0.15) is 24.4 Å². The van der Waals surface area contributed by atoms with Crippen molar-refractivity contribution in [2.75, 3.05) is 0 Å². The van der Waals surface area contributed by atoms with Crippen LogP contribution >= 0.6 is 0 Å². The number of rotatable bonds is 17. The lowest BCUT2D eigenvalue weighted by atomic mass is 9.81. The Morgan fingerprint density at radius 2 is 0.532 bits per heavy atom. The topological polar surface area (TPSA) is 153 Å². The lowest BCUT2D eigenvalue weighted by molar-refractivity contribution is -0.198. The van der Waals surface area contributed by atoms with E-state index in [1.165, 1.54) is 0 Å². The molecule has 8 atom stereocenters. The van der Waals surface area contributed by atoms with E-state index in [2.05, 4.69) is 132 Å². The number of nitrogens with one attached hydrogen (secondary N) is 4. The van der Waals surface area contributed by atoms with Gasteiger partial charge in [0.2, 0.25) is 0 Å². The van der Waals surface area contributed by atoms with Crippen LogP contribution in [-0.4, -0.2) is 96.6 Å². The predicted octanol–water partition coefficient (Wildman–Crippen LogP) is 7.74.